The normalized spacial score (nSPS) is 21.6. The van der Waals surface area contributed by atoms with Crippen molar-refractivity contribution in [2.24, 2.45) is 28.2 Å². The minimum absolute atomic E-state index is 0. The predicted molar refractivity (Wildman–Crippen MR) is 515 cm³/mol. The van der Waals surface area contributed by atoms with Crippen LogP contribution in [0, 0.1) is 0 Å². The van der Waals surface area contributed by atoms with Crippen LogP contribution in [0.2, 0.25) is 20.1 Å². The SMILES string of the molecule is C.C.CN1CCN(C2c3ccc(Cl)cc3C(C(=O)c3cncn3C)=Cc3cccnc32)CC1.CN1CCN(C2c3ccc(Cl)cc3C(C(C)(O)c3cncn3C)=Cc3cccnc32)CC1.CN1CCN(C2c3ccc(Cl)cc3C(C(C)(O)c3cncn3C)=Cc3cccnc32)CC1.CN1CCN(C2c3ccc(Cl)cc3C(C3(c4cncn4C)CO3)=Cc3cccnc32)CC1. The van der Waals surface area contributed by atoms with Gasteiger partial charge in [-0.05, 0) is 217 Å². The van der Waals surface area contributed by atoms with Gasteiger partial charge in [0, 0.05) is 189 Å². The summed E-state index contributed by atoms with van der Waals surface area (Å²) in [6.45, 7) is 20.1. The van der Waals surface area contributed by atoms with E-state index in [0.29, 0.717) is 32.9 Å². The summed E-state index contributed by atoms with van der Waals surface area (Å²) in [4.78, 5) is 69.4. The minimum Gasteiger partial charge on any atom is -0.379 e. The van der Waals surface area contributed by atoms with E-state index in [-0.39, 0.29) is 44.8 Å². The Kier molecular flexibility index (Phi) is 27.3. The van der Waals surface area contributed by atoms with Gasteiger partial charge in [0.25, 0.3) is 0 Å². The second-order valence-corrected chi connectivity index (χ2v) is 36.9. The largest absolute Gasteiger partial charge is 0.379 e. The zero-order chi connectivity index (χ0) is 88.3. The molecule has 4 aromatic carbocycles. The number of carbonyl (C=O) groups is 1. The summed E-state index contributed by atoms with van der Waals surface area (Å²) in [6, 6.07) is 40.4. The summed E-state index contributed by atoms with van der Waals surface area (Å²) in [5, 5.41) is 26.4. The molecule has 0 spiro atoms. The number of allylic oxidation sites excluding steroid dienone is 1. The van der Waals surface area contributed by atoms with E-state index in [2.05, 4.69) is 154 Å². The number of ether oxygens (including phenoxy) is 1. The maximum Gasteiger partial charge on any atom is 0.211 e. The first-order valence-corrected chi connectivity index (χ1v) is 44.9. The molecule has 7 atom stereocenters. The van der Waals surface area contributed by atoms with Crippen molar-refractivity contribution in [2.75, 3.05) is 140 Å². The third kappa shape index (κ3) is 18.1. The number of imidazole rings is 4. The maximum absolute atomic E-state index is 13.6. The van der Waals surface area contributed by atoms with Crippen LogP contribution < -0.4 is 0 Å². The number of Topliss-reactive ketones (excluding diaryl/α,β-unsaturated/α-hetero) is 1. The summed E-state index contributed by atoms with van der Waals surface area (Å²) >= 11 is 26.0. The Labute approximate surface area is 776 Å². The summed E-state index contributed by atoms with van der Waals surface area (Å²) in [7, 11) is 16.3. The molecule has 5 aliphatic heterocycles. The number of ketones is 1. The molecule has 0 amide bonds. The number of likely N-dealkylation sites (N-methyl/N-ethyl adjacent to an activating group) is 4. The third-order valence-electron chi connectivity index (χ3n) is 26.8. The molecular weight excluding hydrogens is 1700 g/mol. The zero-order valence-corrected chi connectivity index (χ0v) is 76.3. The van der Waals surface area contributed by atoms with Gasteiger partial charge in [0.15, 0.2) is 5.60 Å². The molecule has 670 valence electrons. The number of pyridine rings is 4. The van der Waals surface area contributed by atoms with Crippen molar-refractivity contribution < 1.29 is 19.7 Å². The summed E-state index contributed by atoms with van der Waals surface area (Å²) in [5.41, 5.74) is 20.0. The number of aromatic nitrogens is 12. The lowest BCUT2D eigenvalue weighted by Gasteiger charge is -2.39. The highest BCUT2D eigenvalue weighted by molar-refractivity contribution is 6.35. The van der Waals surface area contributed by atoms with Crippen LogP contribution in [0.25, 0.3) is 46.6 Å². The fourth-order valence-corrected chi connectivity index (χ4v) is 20.4. The van der Waals surface area contributed by atoms with Gasteiger partial charge in [0.05, 0.1) is 121 Å². The Morgan fingerprint density at radius 1 is 0.388 bits per heavy atom. The molecule has 129 heavy (non-hydrogen) atoms. The van der Waals surface area contributed by atoms with E-state index in [9.17, 15) is 15.0 Å². The van der Waals surface area contributed by atoms with Crippen LogP contribution in [0.15, 0.2) is 196 Å². The molecule has 8 aromatic heterocycles. The van der Waals surface area contributed by atoms with Gasteiger partial charge in [0.2, 0.25) is 5.78 Å². The molecule has 2 N–H and O–H groups in total. The Balaban J connectivity index is 0.000000125. The third-order valence-corrected chi connectivity index (χ3v) is 27.7. The fourth-order valence-electron chi connectivity index (χ4n) is 19.7. The quantitative estimate of drug-likeness (QED) is 0.0858. The molecule has 0 saturated carbocycles. The zero-order valence-electron chi connectivity index (χ0n) is 73.3. The second-order valence-electron chi connectivity index (χ2n) is 35.2. The minimum atomic E-state index is -1.27. The highest BCUT2D eigenvalue weighted by atomic mass is 35.5. The van der Waals surface area contributed by atoms with Gasteiger partial charge in [-0.2, -0.15) is 0 Å². The number of epoxide rings is 1. The fraction of sp³-hybridized carbons (Fsp3) is 0.356. The molecule has 0 bridgehead atoms. The standard InChI is InChI=1S/C25H26ClN5O.2C25H28ClN5O.C24H24ClN5O.2CH4/c1-29-8-10-31(11-9-29)24-19-6-5-18(26)13-20(19)21(12-17-4-3-7-28-23(17)24)25(15-32-25)22-14-27-16-30(22)2;2*1-25(32,22-15-27-16-30(22)3)21-13-17-5-4-8-28-23(17)24(31-11-9-29(2)10-12-31)19-7-6-18(26)14-20(19)21;1-28-8-10-30(11-9-28)23-18-6-5-17(25)13-19(18)20(12-16-4-3-7-27-22(16)23)24(31)21-14-26-15-29(21)2;;/h3-7,12-14,16,24H,8-11,15H2,1-2H3;2*4-8,13-16,24,32H,9-12H2,1-3H3;3-7,12-15,23H,8-11H2,1-2H3;2*1H4. The van der Waals surface area contributed by atoms with Crippen molar-refractivity contribution in [3.8, 4) is 0 Å². The molecule has 9 aliphatic rings. The molecule has 13 heterocycles. The number of halogens is 4. The number of fused-ring (bicyclic) bond motifs is 8. The number of benzene rings is 4. The Bertz CT molecular complexity index is 5800. The van der Waals surface area contributed by atoms with Gasteiger partial charge in [-0.15, -0.1) is 0 Å². The van der Waals surface area contributed by atoms with E-state index in [1.807, 2.05) is 172 Å². The van der Waals surface area contributed by atoms with E-state index in [1.54, 1.807) is 42.1 Å². The van der Waals surface area contributed by atoms with Crippen LogP contribution in [0.3, 0.4) is 0 Å². The van der Waals surface area contributed by atoms with Gasteiger partial charge >= 0.3 is 0 Å². The van der Waals surface area contributed by atoms with E-state index < -0.39 is 16.8 Å². The Hall–Kier alpha value is -10.3. The number of aliphatic hydroxyl groups is 2. The molecule has 0 radical (unpaired) electrons. The van der Waals surface area contributed by atoms with Gasteiger partial charge < -0.3 is 52.8 Å². The van der Waals surface area contributed by atoms with Gasteiger partial charge in [0.1, 0.15) is 16.9 Å². The van der Waals surface area contributed by atoms with Crippen molar-refractivity contribution >= 4 is 98.8 Å². The lowest BCUT2D eigenvalue weighted by Crippen LogP contribution is -2.46. The van der Waals surface area contributed by atoms with E-state index in [1.165, 1.54) is 5.56 Å². The molecule has 24 nitrogen and oxygen atoms in total. The molecule has 12 aromatic rings. The van der Waals surface area contributed by atoms with Crippen molar-refractivity contribution in [3.63, 3.8) is 0 Å². The number of hydrogen-bond donors (Lipinski definition) is 2. The number of carbonyl (C=O) groups excluding carboxylic acids is 1. The monoisotopic (exact) mass is 1810 g/mol. The maximum atomic E-state index is 13.6. The lowest BCUT2D eigenvalue weighted by molar-refractivity contribution is 0.104. The summed E-state index contributed by atoms with van der Waals surface area (Å²) in [5.74, 6) is -0.0719. The van der Waals surface area contributed by atoms with E-state index in [4.69, 9.17) is 71.1 Å². The van der Waals surface area contributed by atoms with Crippen molar-refractivity contribution in [1.82, 2.24) is 97.3 Å². The summed E-state index contributed by atoms with van der Waals surface area (Å²) < 4.78 is 13.7. The summed E-state index contributed by atoms with van der Waals surface area (Å²) in [6.07, 6.45) is 29.7. The molecule has 5 saturated heterocycles. The predicted octanol–water partition coefficient (Wildman–Crippen LogP) is 15.5. The van der Waals surface area contributed by atoms with Gasteiger partial charge in [-0.25, -0.2) is 19.9 Å². The van der Waals surface area contributed by atoms with Crippen LogP contribution in [-0.2, 0) is 49.7 Å². The molecule has 28 heteroatoms. The van der Waals surface area contributed by atoms with Crippen LogP contribution in [-0.4, -0.2) is 253 Å². The van der Waals surface area contributed by atoms with E-state index >= 15 is 0 Å². The molecule has 7 unspecified atom stereocenters. The Morgan fingerprint density at radius 3 is 1.03 bits per heavy atom. The number of nitrogens with zero attached hydrogens (tertiary/aromatic N) is 20. The van der Waals surface area contributed by atoms with Crippen LogP contribution in [0.4, 0.5) is 0 Å². The smallest absolute Gasteiger partial charge is 0.211 e. The first-order chi connectivity index (χ1) is 61.3. The second kappa shape index (κ2) is 38.2. The first-order valence-electron chi connectivity index (χ1n) is 43.4. The molecular formula is C101H114Cl4N20O4. The molecule has 5 fully saturated rings. The Morgan fingerprint density at radius 2 is 0.698 bits per heavy atom. The van der Waals surface area contributed by atoms with Crippen LogP contribution in [0.1, 0.15) is 170 Å². The number of aryl methyl sites for hydroxylation is 4. The average molecular weight is 1810 g/mol. The van der Waals surface area contributed by atoms with Gasteiger partial charge in [-0.1, -0.05) is 110 Å². The van der Waals surface area contributed by atoms with Crippen molar-refractivity contribution in [1.29, 1.82) is 0 Å². The average Bonchev–Trinajstić information content (AvgIpc) is 1.55. The lowest BCUT2D eigenvalue weighted by atomic mass is 9.84. The van der Waals surface area contributed by atoms with Gasteiger partial charge in [-0.3, -0.25) is 44.3 Å². The molecule has 21 rings (SSSR count). The number of rotatable bonds is 12. The highest BCUT2D eigenvalue weighted by Crippen LogP contribution is 2.56. The highest BCUT2D eigenvalue weighted by Gasteiger charge is 2.54. The number of hydrogen-bond acceptors (Lipinski definition) is 20. The first kappa shape index (κ1) is 92.0. The van der Waals surface area contributed by atoms with E-state index in [0.717, 1.165) is 228 Å². The van der Waals surface area contributed by atoms with Crippen LogP contribution >= 0.6 is 46.4 Å². The van der Waals surface area contributed by atoms with Crippen molar-refractivity contribution in [3.05, 3.63) is 329 Å². The topological polar surface area (TPSA) is 219 Å². The molecule has 4 aliphatic carbocycles. The number of piperazine rings is 4. The van der Waals surface area contributed by atoms with Crippen LogP contribution in [0.5, 0.6) is 0 Å². The van der Waals surface area contributed by atoms with Crippen molar-refractivity contribution in [2.45, 2.75) is 69.7 Å².